The molecule has 0 atom stereocenters. The second-order valence-corrected chi connectivity index (χ2v) is 1.90. The van der Waals surface area contributed by atoms with Crippen molar-refractivity contribution in [3.05, 3.63) is 30.7 Å². The van der Waals surface area contributed by atoms with E-state index in [-0.39, 0.29) is 0 Å². The van der Waals surface area contributed by atoms with Crippen LogP contribution in [0.25, 0.3) is 0 Å². The van der Waals surface area contributed by atoms with Crippen molar-refractivity contribution in [2.45, 2.75) is 0 Å². The number of aliphatic imine (C=N–C) groups is 2. The molecule has 0 aromatic heterocycles. The Bertz CT molecular complexity index is 261. The van der Waals surface area contributed by atoms with E-state index < -0.39 is 0 Å². The molecule has 0 spiro atoms. The number of ether oxygens (including phenoxy) is 1. The smallest absolute Gasteiger partial charge is 0.224 e. The normalized spacial score (nSPS) is 20.8. The van der Waals surface area contributed by atoms with Gasteiger partial charge in [-0.2, -0.15) is 0 Å². The van der Waals surface area contributed by atoms with Gasteiger partial charge in [-0.25, -0.2) is 4.99 Å². The van der Waals surface area contributed by atoms with Gasteiger partial charge in [0.25, 0.3) is 0 Å². The second kappa shape index (κ2) is 2.10. The minimum atomic E-state index is 0.623. The van der Waals surface area contributed by atoms with E-state index >= 15 is 0 Å². The number of hydrogen-bond acceptors (Lipinski definition) is 3. The fourth-order valence-corrected chi connectivity index (χ4v) is 0.789. The van der Waals surface area contributed by atoms with Crippen molar-refractivity contribution in [3.63, 3.8) is 0 Å². The molecule has 2 aliphatic rings. The van der Waals surface area contributed by atoms with Gasteiger partial charge in [0.05, 0.1) is 11.8 Å². The van der Waals surface area contributed by atoms with Gasteiger partial charge in [-0.15, -0.1) is 0 Å². The SMILES string of the molecule is [CH]1N=CC2=CC=COC2=N1. The molecule has 0 fully saturated rings. The van der Waals surface area contributed by atoms with Gasteiger partial charge in [0.2, 0.25) is 5.90 Å². The molecule has 0 amide bonds. The van der Waals surface area contributed by atoms with Crippen LogP contribution in [0.5, 0.6) is 0 Å². The molecule has 0 saturated heterocycles. The van der Waals surface area contributed by atoms with Crippen molar-refractivity contribution in [2.75, 3.05) is 0 Å². The Balaban J connectivity index is 2.39. The summed E-state index contributed by atoms with van der Waals surface area (Å²) in [5.74, 6) is 0.623. The molecule has 0 aromatic rings. The molecule has 0 saturated carbocycles. The molecule has 2 heterocycles. The summed E-state index contributed by atoms with van der Waals surface area (Å²) in [6.07, 6.45) is 7.02. The van der Waals surface area contributed by atoms with Crippen LogP contribution in [0.15, 0.2) is 34.0 Å². The van der Waals surface area contributed by atoms with Gasteiger partial charge >= 0.3 is 0 Å². The first-order valence-electron chi connectivity index (χ1n) is 2.93. The average molecular weight is 133 g/mol. The monoisotopic (exact) mass is 133 g/mol. The van der Waals surface area contributed by atoms with E-state index in [2.05, 4.69) is 9.98 Å². The number of fused-ring (bicyclic) bond motifs is 1. The third-order valence-corrected chi connectivity index (χ3v) is 1.24. The van der Waals surface area contributed by atoms with Gasteiger partial charge < -0.3 is 4.74 Å². The summed E-state index contributed by atoms with van der Waals surface area (Å²) in [6, 6.07) is 0. The number of allylic oxidation sites excluding steroid dienone is 2. The summed E-state index contributed by atoms with van der Waals surface area (Å²) >= 11 is 0. The summed E-state index contributed by atoms with van der Waals surface area (Å²) in [7, 11) is 0. The zero-order valence-corrected chi connectivity index (χ0v) is 5.19. The van der Waals surface area contributed by atoms with Crippen LogP contribution in [0, 0.1) is 6.67 Å². The fraction of sp³-hybridized carbons (Fsp3) is 0. The van der Waals surface area contributed by atoms with Crippen LogP contribution < -0.4 is 0 Å². The predicted octanol–water partition coefficient (Wildman–Crippen LogP) is 1.06. The van der Waals surface area contributed by atoms with Crippen molar-refractivity contribution in [1.82, 2.24) is 0 Å². The van der Waals surface area contributed by atoms with Gasteiger partial charge in [0, 0.05) is 6.21 Å². The summed E-state index contributed by atoms with van der Waals surface area (Å²) in [4.78, 5) is 7.75. The van der Waals surface area contributed by atoms with Gasteiger partial charge in [-0.3, -0.25) is 4.99 Å². The van der Waals surface area contributed by atoms with Crippen molar-refractivity contribution in [3.8, 4) is 0 Å². The Morgan fingerprint density at radius 2 is 2.40 bits per heavy atom. The van der Waals surface area contributed by atoms with E-state index in [1.54, 1.807) is 12.5 Å². The van der Waals surface area contributed by atoms with E-state index in [1.807, 2.05) is 12.2 Å². The summed E-state index contributed by atoms with van der Waals surface area (Å²) in [5, 5.41) is 0. The van der Waals surface area contributed by atoms with E-state index in [9.17, 15) is 0 Å². The number of hydrogen-bond donors (Lipinski definition) is 0. The van der Waals surface area contributed by atoms with E-state index in [0.29, 0.717) is 5.90 Å². The molecule has 0 N–H and O–H groups in total. The van der Waals surface area contributed by atoms with Gasteiger partial charge in [0.15, 0.2) is 6.67 Å². The molecule has 0 unspecified atom stereocenters. The zero-order valence-electron chi connectivity index (χ0n) is 5.19. The van der Waals surface area contributed by atoms with Crippen molar-refractivity contribution in [1.29, 1.82) is 0 Å². The minimum Gasteiger partial charge on any atom is -0.446 e. The zero-order chi connectivity index (χ0) is 6.81. The van der Waals surface area contributed by atoms with Crippen LogP contribution in [0.1, 0.15) is 0 Å². The lowest BCUT2D eigenvalue weighted by molar-refractivity contribution is 0.469. The molecular weight excluding hydrogens is 128 g/mol. The highest BCUT2D eigenvalue weighted by molar-refractivity contribution is 6.14. The van der Waals surface area contributed by atoms with Gasteiger partial charge in [-0.1, -0.05) is 0 Å². The van der Waals surface area contributed by atoms with Crippen molar-refractivity contribution in [2.24, 2.45) is 9.98 Å². The maximum atomic E-state index is 5.06. The summed E-state index contributed by atoms with van der Waals surface area (Å²) in [6.45, 7) is 1.46. The third-order valence-electron chi connectivity index (χ3n) is 1.24. The summed E-state index contributed by atoms with van der Waals surface area (Å²) < 4.78 is 5.06. The molecule has 2 aliphatic heterocycles. The molecule has 3 nitrogen and oxygen atoms in total. The van der Waals surface area contributed by atoms with E-state index in [4.69, 9.17) is 4.74 Å². The average Bonchev–Trinajstić information content (AvgIpc) is 2.05. The molecule has 3 heteroatoms. The first-order chi connectivity index (χ1) is 4.97. The molecule has 2 rings (SSSR count). The van der Waals surface area contributed by atoms with Crippen molar-refractivity contribution < 1.29 is 4.74 Å². The highest BCUT2D eigenvalue weighted by Crippen LogP contribution is 2.09. The Morgan fingerprint density at radius 3 is 3.30 bits per heavy atom. The highest BCUT2D eigenvalue weighted by atomic mass is 16.5. The van der Waals surface area contributed by atoms with Crippen LogP contribution in [0.2, 0.25) is 0 Å². The van der Waals surface area contributed by atoms with Gasteiger partial charge in [0.1, 0.15) is 0 Å². The van der Waals surface area contributed by atoms with Gasteiger partial charge in [-0.05, 0) is 12.2 Å². The lowest BCUT2D eigenvalue weighted by Gasteiger charge is -2.10. The predicted molar refractivity (Wildman–Crippen MR) is 38.5 cm³/mol. The largest absolute Gasteiger partial charge is 0.446 e. The Hall–Kier alpha value is -1.38. The fourth-order valence-electron chi connectivity index (χ4n) is 0.789. The lowest BCUT2D eigenvalue weighted by atomic mass is 10.2. The number of rotatable bonds is 0. The molecule has 0 aliphatic carbocycles. The quantitative estimate of drug-likeness (QED) is 0.486. The Kier molecular flexibility index (Phi) is 1.13. The third kappa shape index (κ3) is 0.757. The maximum absolute atomic E-state index is 5.06. The molecule has 49 valence electrons. The summed E-state index contributed by atoms with van der Waals surface area (Å²) in [5.41, 5.74) is 0.921. The molecule has 10 heavy (non-hydrogen) atoms. The Labute approximate surface area is 58.4 Å². The Morgan fingerprint density at radius 1 is 1.40 bits per heavy atom. The first-order valence-corrected chi connectivity index (χ1v) is 2.93. The lowest BCUT2D eigenvalue weighted by Crippen LogP contribution is -2.11. The van der Waals surface area contributed by atoms with E-state index in [1.165, 1.54) is 6.67 Å². The number of nitrogens with zero attached hydrogens (tertiary/aromatic N) is 2. The molecule has 0 aromatic carbocycles. The molecule has 0 bridgehead atoms. The van der Waals surface area contributed by atoms with Crippen LogP contribution >= 0.6 is 0 Å². The second-order valence-electron chi connectivity index (χ2n) is 1.90. The van der Waals surface area contributed by atoms with E-state index in [0.717, 1.165) is 5.57 Å². The highest BCUT2D eigenvalue weighted by Gasteiger charge is 2.10. The maximum Gasteiger partial charge on any atom is 0.224 e. The minimum absolute atomic E-state index is 0.623. The van der Waals surface area contributed by atoms with Crippen LogP contribution in [-0.4, -0.2) is 12.1 Å². The van der Waals surface area contributed by atoms with Crippen LogP contribution in [-0.2, 0) is 4.74 Å². The first kappa shape index (κ1) is 5.41. The standard InChI is InChI=1S/C7H5N2O/c1-2-6-4-8-5-9-7(6)10-3-1/h1-5H. The van der Waals surface area contributed by atoms with Crippen LogP contribution in [0.4, 0.5) is 0 Å². The molecular formula is C7H5N2O. The van der Waals surface area contributed by atoms with Crippen LogP contribution in [0.3, 0.4) is 0 Å². The molecule has 1 radical (unpaired) electrons. The van der Waals surface area contributed by atoms with Crippen molar-refractivity contribution >= 4 is 12.1 Å². The topological polar surface area (TPSA) is 34.0 Å².